The number of aromatic nitrogens is 2. The van der Waals surface area contributed by atoms with E-state index < -0.39 is 23.9 Å². The molecule has 2 aliphatic heterocycles. The Hall–Kier alpha value is -3.34. The van der Waals surface area contributed by atoms with Gasteiger partial charge in [-0.3, -0.25) is 14.4 Å². The number of methoxy groups -OCH3 is 1. The Morgan fingerprint density at radius 1 is 1.16 bits per heavy atom. The van der Waals surface area contributed by atoms with Gasteiger partial charge < -0.3 is 30.4 Å². The fraction of sp³-hybridized carbons (Fsp3) is 0.424. The van der Waals surface area contributed by atoms with Crippen LogP contribution >= 0.6 is 0 Å². The number of hydrogen-bond donors (Lipinski definition) is 1. The Labute approximate surface area is 267 Å². The summed E-state index contributed by atoms with van der Waals surface area (Å²) in [6.45, 7) is 12.2. The van der Waals surface area contributed by atoms with Crippen molar-refractivity contribution in [3.63, 3.8) is 0 Å². The molecule has 0 aromatic carbocycles. The molecule has 9 nitrogen and oxygen atoms in total. The molecule has 222 valence electrons. The van der Waals surface area contributed by atoms with E-state index in [9.17, 15) is 19.5 Å². The molecule has 6 bridgehead atoms. The summed E-state index contributed by atoms with van der Waals surface area (Å²) in [4.78, 5) is 47.7. The maximum absolute atomic E-state index is 13.2. The fourth-order valence-electron chi connectivity index (χ4n) is 6.71. The number of carbonyl (C=O) groups is 3. The molecule has 10 heteroatoms. The van der Waals surface area contributed by atoms with Gasteiger partial charge in [0.2, 0.25) is 0 Å². The first-order chi connectivity index (χ1) is 20.1. The minimum atomic E-state index is -1.13. The number of rotatable bonds is 6. The third-order valence-electron chi connectivity index (χ3n) is 9.02. The van der Waals surface area contributed by atoms with Crippen molar-refractivity contribution in [3.05, 3.63) is 79.0 Å². The molecule has 3 aliphatic rings. The van der Waals surface area contributed by atoms with Crippen molar-refractivity contribution in [3.8, 4) is 0 Å². The quantitative estimate of drug-likeness (QED) is 0.309. The molecule has 0 amide bonds. The summed E-state index contributed by atoms with van der Waals surface area (Å²) in [5.74, 6) is -3.29. The molecule has 2 aromatic heterocycles. The van der Waals surface area contributed by atoms with Gasteiger partial charge in [-0.05, 0) is 32.3 Å². The van der Waals surface area contributed by atoms with Crippen LogP contribution in [-0.4, -0.2) is 65.1 Å². The predicted octanol–water partition coefficient (Wildman–Crippen LogP) is 3.27. The minimum absolute atomic E-state index is 0. The number of allylic oxidation sites excluding steroid dienone is 1. The molecule has 0 radical (unpaired) electrons. The third kappa shape index (κ3) is 5.92. The van der Waals surface area contributed by atoms with E-state index in [0.717, 1.165) is 50.8 Å². The van der Waals surface area contributed by atoms with Gasteiger partial charge in [0.1, 0.15) is 5.92 Å². The van der Waals surface area contributed by atoms with Crippen molar-refractivity contribution in [2.24, 2.45) is 17.8 Å². The summed E-state index contributed by atoms with van der Waals surface area (Å²) in [5, 5.41) is 20.9. The molecule has 2 aromatic rings. The van der Waals surface area contributed by atoms with Crippen molar-refractivity contribution in [2.75, 3.05) is 7.11 Å². The molecule has 1 aliphatic carbocycles. The van der Waals surface area contributed by atoms with Crippen LogP contribution in [-0.2, 0) is 25.5 Å². The normalized spacial score (nSPS) is 26.7. The number of nitrogens with zero attached hydrogens (tertiary/aromatic N) is 4. The monoisotopic (exact) mass is 592 g/mol. The van der Waals surface area contributed by atoms with Gasteiger partial charge >= 0.3 is 35.0 Å². The van der Waals surface area contributed by atoms with E-state index in [1.54, 1.807) is 12.3 Å². The van der Waals surface area contributed by atoms with Gasteiger partial charge in [-0.15, -0.1) is 40.2 Å². The number of aliphatic carboxylic acids is 1. The van der Waals surface area contributed by atoms with Gasteiger partial charge in [0, 0.05) is 12.8 Å². The number of esters is 1. The Bertz CT molecular complexity index is 1650. The first-order valence-corrected chi connectivity index (χ1v) is 14.4. The summed E-state index contributed by atoms with van der Waals surface area (Å²) >= 11 is 0. The molecule has 43 heavy (non-hydrogen) atoms. The molecular weight excluding hydrogens is 557 g/mol. The number of ketones is 1. The average molecular weight is 593 g/mol. The molecule has 0 spiro atoms. The van der Waals surface area contributed by atoms with Crippen LogP contribution in [0.2, 0.25) is 0 Å². The molecule has 1 N–H and O–H groups in total. The number of Topliss-reactive ketones (excluding diaryl/α,β-unsaturated/α-hetero) is 1. The summed E-state index contributed by atoms with van der Waals surface area (Å²) < 4.78 is 5.05. The van der Waals surface area contributed by atoms with E-state index >= 15 is 0 Å². The van der Waals surface area contributed by atoms with E-state index in [2.05, 4.69) is 13.5 Å². The SMILES string of the molecule is C=Cc1c(C)/c2[n-]/c1=C\c1[n-]c(c(CC)c1C)/C=C\[N-]C1=C(C3[N-]C(\C=2)[C@@H](C)[C@@H]3CCC(=O)O)[C@@H](C(=O)OC)C(=O)C1.[Mg+2]. The van der Waals surface area contributed by atoms with Crippen LogP contribution in [0, 0.1) is 31.6 Å². The first-order valence-electron chi connectivity index (χ1n) is 14.4. The molecule has 1 fully saturated rings. The molecule has 4 heterocycles. The van der Waals surface area contributed by atoms with Crippen LogP contribution in [0.1, 0.15) is 66.8 Å². The van der Waals surface area contributed by atoms with Crippen LogP contribution in [0.3, 0.4) is 0 Å². The smallest absolute Gasteiger partial charge is 0.667 e. The van der Waals surface area contributed by atoms with E-state index in [0.29, 0.717) is 17.7 Å². The predicted molar refractivity (Wildman–Crippen MR) is 167 cm³/mol. The van der Waals surface area contributed by atoms with Gasteiger partial charge in [-0.1, -0.05) is 72.8 Å². The van der Waals surface area contributed by atoms with E-state index in [-0.39, 0.29) is 59.6 Å². The molecule has 5 rings (SSSR count). The van der Waals surface area contributed by atoms with Gasteiger partial charge in [-0.25, -0.2) is 0 Å². The number of carbonyl (C=O) groups excluding carboxylic acids is 2. The minimum Gasteiger partial charge on any atom is -0.667 e. The molecule has 0 saturated carbocycles. The molecule has 2 unspecified atom stereocenters. The van der Waals surface area contributed by atoms with E-state index in [4.69, 9.17) is 25.3 Å². The standard InChI is InChI=1S/C33H36N4O5.Mg/c1-7-19-16(3)24-14-26-20(8-2)17(4)23(36-26)13-25-18(5)21(9-10-29(39)40)32(37-25)30-27(34-12-11-22(19)35-24)15-28(38)31(30)33(41)42-6;/h8,11-14,18,21,25,31-32H,2,7,9-10,15H2,1,3-6H3,(H,39,40);/q-4;+2/b12-11-,23-13-,26-14-;/t18-,21-,25?,31-,32?;/m0./s1. The molecule has 5 atom stereocenters. The molecular formula is C33H36MgN4O5-2. The average Bonchev–Trinajstić information content (AvgIpc) is 3.63. The van der Waals surface area contributed by atoms with Crippen LogP contribution in [0.25, 0.3) is 34.9 Å². The topological polar surface area (TPSA) is 137 Å². The Balaban J connectivity index is 0.00000423. The van der Waals surface area contributed by atoms with Crippen LogP contribution in [0.4, 0.5) is 0 Å². The Morgan fingerprint density at radius 3 is 2.56 bits per heavy atom. The Morgan fingerprint density at radius 2 is 1.91 bits per heavy atom. The summed E-state index contributed by atoms with van der Waals surface area (Å²) in [6, 6.07) is -0.898. The number of carboxylic acids is 1. The Kier molecular flexibility index (Phi) is 9.93. The molecule has 1 saturated heterocycles. The van der Waals surface area contributed by atoms with Crippen LogP contribution in [0.5, 0.6) is 0 Å². The maximum Gasteiger partial charge on any atom is 2.00 e. The number of fused-ring (bicyclic) bond motifs is 7. The number of carboxylic acid groups (broad SMARTS) is 1. The zero-order valence-corrected chi connectivity index (χ0v) is 26.8. The summed E-state index contributed by atoms with van der Waals surface area (Å²) in [5.41, 5.74) is 6.63. The van der Waals surface area contributed by atoms with E-state index in [1.807, 2.05) is 39.0 Å². The van der Waals surface area contributed by atoms with Crippen molar-refractivity contribution >= 4 is 65.1 Å². The van der Waals surface area contributed by atoms with Crippen LogP contribution in [0.15, 0.2) is 24.0 Å². The third-order valence-corrected chi connectivity index (χ3v) is 9.02. The number of hydrogen-bond acceptors (Lipinski definition) is 4. The second-order valence-electron chi connectivity index (χ2n) is 11.3. The van der Waals surface area contributed by atoms with Gasteiger partial charge in [-0.2, -0.15) is 11.9 Å². The zero-order valence-electron chi connectivity index (χ0n) is 25.4. The van der Waals surface area contributed by atoms with Crippen molar-refractivity contribution in [2.45, 2.75) is 65.5 Å². The zero-order chi connectivity index (χ0) is 30.3. The summed E-state index contributed by atoms with van der Waals surface area (Å²) in [7, 11) is 1.26. The number of ether oxygens (including phenoxy) is 1. The second-order valence-corrected chi connectivity index (χ2v) is 11.3. The van der Waals surface area contributed by atoms with Gasteiger partial charge in [0.15, 0.2) is 5.78 Å². The summed E-state index contributed by atoms with van der Waals surface area (Å²) in [6.07, 6.45) is 10.3. The van der Waals surface area contributed by atoms with Crippen molar-refractivity contribution in [1.29, 1.82) is 0 Å². The van der Waals surface area contributed by atoms with Crippen LogP contribution < -0.4 is 20.7 Å². The van der Waals surface area contributed by atoms with E-state index in [1.165, 1.54) is 7.11 Å². The fourth-order valence-corrected chi connectivity index (χ4v) is 6.71. The van der Waals surface area contributed by atoms with Crippen molar-refractivity contribution in [1.82, 2.24) is 9.97 Å². The van der Waals surface area contributed by atoms with Gasteiger partial charge in [0.25, 0.3) is 0 Å². The van der Waals surface area contributed by atoms with Crippen molar-refractivity contribution < 1.29 is 24.2 Å². The second kappa shape index (κ2) is 13.1. The first kappa shape index (κ1) is 32.6. The van der Waals surface area contributed by atoms with Gasteiger partial charge in [0.05, 0.1) is 7.11 Å². The maximum atomic E-state index is 13.2. The largest absolute Gasteiger partial charge is 2.00 e.